The first kappa shape index (κ1) is 15.1. The van der Waals surface area contributed by atoms with Crippen molar-refractivity contribution in [2.45, 2.75) is 25.6 Å². The van der Waals surface area contributed by atoms with Crippen molar-refractivity contribution in [1.29, 1.82) is 0 Å². The van der Waals surface area contributed by atoms with Crippen molar-refractivity contribution in [3.63, 3.8) is 0 Å². The number of ether oxygens (including phenoxy) is 1. The number of hydrogen-bond acceptors (Lipinski definition) is 2. The van der Waals surface area contributed by atoms with E-state index in [1.54, 1.807) is 11.0 Å². The van der Waals surface area contributed by atoms with Gasteiger partial charge in [0.05, 0.1) is 13.0 Å². The molecule has 0 aromatic heterocycles. The molecule has 1 aromatic carbocycles. The highest BCUT2D eigenvalue weighted by Crippen LogP contribution is 2.34. The SMILES string of the molecule is COc1cccc(F)c1CN1CCC[C@H](C(F)(F)F)C1. The first-order valence-electron chi connectivity index (χ1n) is 6.52. The van der Waals surface area contributed by atoms with Crippen LogP contribution in [0.5, 0.6) is 5.75 Å². The van der Waals surface area contributed by atoms with Crippen molar-refractivity contribution >= 4 is 0 Å². The Hall–Kier alpha value is -1.30. The zero-order valence-electron chi connectivity index (χ0n) is 11.2. The van der Waals surface area contributed by atoms with Crippen LogP contribution in [-0.2, 0) is 6.54 Å². The number of likely N-dealkylation sites (tertiary alicyclic amines) is 1. The lowest BCUT2D eigenvalue weighted by Gasteiger charge is -2.34. The van der Waals surface area contributed by atoms with Crippen LogP contribution in [-0.4, -0.2) is 31.3 Å². The Kier molecular flexibility index (Phi) is 4.52. The molecule has 2 rings (SSSR count). The fraction of sp³-hybridized carbons (Fsp3) is 0.571. The van der Waals surface area contributed by atoms with Crippen LogP contribution in [0.15, 0.2) is 18.2 Å². The van der Waals surface area contributed by atoms with Gasteiger partial charge in [0.15, 0.2) is 0 Å². The van der Waals surface area contributed by atoms with Crippen molar-refractivity contribution < 1.29 is 22.3 Å². The van der Waals surface area contributed by atoms with Crippen LogP contribution < -0.4 is 4.74 Å². The van der Waals surface area contributed by atoms with Gasteiger partial charge in [0.25, 0.3) is 0 Å². The first-order valence-corrected chi connectivity index (χ1v) is 6.52. The molecule has 1 aromatic rings. The maximum atomic E-state index is 13.8. The van der Waals surface area contributed by atoms with E-state index in [1.807, 2.05) is 0 Å². The summed E-state index contributed by atoms with van der Waals surface area (Å²) in [7, 11) is 1.42. The number of hydrogen-bond donors (Lipinski definition) is 0. The Morgan fingerprint density at radius 2 is 2.10 bits per heavy atom. The molecule has 0 amide bonds. The van der Waals surface area contributed by atoms with Crippen molar-refractivity contribution in [2.24, 2.45) is 5.92 Å². The Bertz CT molecular complexity index is 461. The van der Waals surface area contributed by atoms with Gasteiger partial charge in [-0.1, -0.05) is 6.07 Å². The molecule has 0 aliphatic carbocycles. The Balaban J connectivity index is 2.10. The summed E-state index contributed by atoms with van der Waals surface area (Å²) in [6.45, 7) is 0.605. The second kappa shape index (κ2) is 5.99. The normalized spacial score (nSPS) is 20.9. The van der Waals surface area contributed by atoms with Crippen molar-refractivity contribution in [2.75, 3.05) is 20.2 Å². The van der Waals surface area contributed by atoms with Gasteiger partial charge in [-0.05, 0) is 31.5 Å². The molecule has 20 heavy (non-hydrogen) atoms. The molecule has 112 valence electrons. The lowest BCUT2D eigenvalue weighted by molar-refractivity contribution is -0.187. The molecule has 1 aliphatic heterocycles. The van der Waals surface area contributed by atoms with E-state index >= 15 is 0 Å². The second-order valence-corrected chi connectivity index (χ2v) is 5.04. The van der Waals surface area contributed by atoms with Crippen molar-refractivity contribution in [3.8, 4) is 5.75 Å². The molecule has 0 radical (unpaired) electrons. The minimum atomic E-state index is -4.18. The molecule has 1 aliphatic rings. The number of nitrogens with zero attached hydrogens (tertiary/aromatic N) is 1. The van der Waals surface area contributed by atoms with Crippen LogP contribution in [0, 0.1) is 11.7 Å². The van der Waals surface area contributed by atoms with Gasteiger partial charge in [0, 0.05) is 18.7 Å². The van der Waals surface area contributed by atoms with Crippen LogP contribution in [0.4, 0.5) is 17.6 Å². The molecule has 0 bridgehead atoms. The van der Waals surface area contributed by atoms with Crippen LogP contribution in [0.25, 0.3) is 0 Å². The lowest BCUT2D eigenvalue weighted by atomic mass is 9.97. The first-order chi connectivity index (χ1) is 9.41. The number of halogens is 4. The van der Waals surface area contributed by atoms with Gasteiger partial charge in [0.1, 0.15) is 11.6 Å². The molecule has 6 heteroatoms. The maximum absolute atomic E-state index is 13.8. The summed E-state index contributed by atoms with van der Waals surface area (Å²) < 4.78 is 57.1. The van der Waals surface area contributed by atoms with Crippen LogP contribution >= 0.6 is 0 Å². The highest BCUT2D eigenvalue weighted by molar-refractivity contribution is 5.34. The van der Waals surface area contributed by atoms with E-state index < -0.39 is 17.9 Å². The molecular weight excluding hydrogens is 274 g/mol. The van der Waals surface area contributed by atoms with E-state index in [0.717, 1.165) is 0 Å². The van der Waals surface area contributed by atoms with Gasteiger partial charge in [-0.3, -0.25) is 4.90 Å². The monoisotopic (exact) mass is 291 g/mol. The van der Waals surface area contributed by atoms with Gasteiger partial charge in [-0.25, -0.2) is 4.39 Å². The predicted molar refractivity (Wildman–Crippen MR) is 67.0 cm³/mol. The molecule has 1 atom stereocenters. The van der Waals surface area contributed by atoms with Gasteiger partial charge in [0.2, 0.25) is 0 Å². The summed E-state index contributed by atoms with van der Waals surface area (Å²) in [4.78, 5) is 1.64. The minimum absolute atomic E-state index is 0.0824. The molecule has 0 saturated carbocycles. The summed E-state index contributed by atoms with van der Waals surface area (Å²) >= 11 is 0. The van der Waals surface area contributed by atoms with Crippen molar-refractivity contribution in [3.05, 3.63) is 29.6 Å². The van der Waals surface area contributed by atoms with Crippen LogP contribution in [0.2, 0.25) is 0 Å². The number of methoxy groups -OCH3 is 1. The molecule has 0 spiro atoms. The van der Waals surface area contributed by atoms with Gasteiger partial charge < -0.3 is 4.74 Å². The molecule has 0 N–H and O–H groups in total. The number of alkyl halides is 3. The fourth-order valence-corrected chi connectivity index (χ4v) is 2.57. The largest absolute Gasteiger partial charge is 0.496 e. The summed E-state index contributed by atoms with van der Waals surface area (Å²) in [5.41, 5.74) is 0.317. The highest BCUT2D eigenvalue weighted by Gasteiger charge is 2.41. The van der Waals surface area contributed by atoms with Crippen molar-refractivity contribution in [1.82, 2.24) is 4.90 Å². The third-order valence-corrected chi connectivity index (χ3v) is 3.65. The maximum Gasteiger partial charge on any atom is 0.393 e. The molecule has 0 unspecified atom stereocenters. The van der Waals surface area contributed by atoms with E-state index in [2.05, 4.69) is 0 Å². The molecule has 1 fully saturated rings. The number of rotatable bonds is 3. The van der Waals surface area contributed by atoms with E-state index in [0.29, 0.717) is 24.3 Å². The molecule has 1 heterocycles. The molecule has 1 saturated heterocycles. The van der Waals surface area contributed by atoms with E-state index in [1.165, 1.54) is 19.2 Å². The van der Waals surface area contributed by atoms with Gasteiger partial charge >= 0.3 is 6.18 Å². The third kappa shape index (κ3) is 3.42. The van der Waals surface area contributed by atoms with E-state index in [9.17, 15) is 17.6 Å². The smallest absolute Gasteiger partial charge is 0.393 e. The highest BCUT2D eigenvalue weighted by atomic mass is 19.4. The van der Waals surface area contributed by atoms with Crippen LogP contribution in [0.3, 0.4) is 0 Å². The average molecular weight is 291 g/mol. The predicted octanol–water partition coefficient (Wildman–Crippen LogP) is 3.61. The van der Waals surface area contributed by atoms with Gasteiger partial charge in [-0.2, -0.15) is 13.2 Å². The summed E-state index contributed by atoms with van der Waals surface area (Å²) in [5.74, 6) is -1.40. The zero-order valence-corrected chi connectivity index (χ0v) is 11.2. The third-order valence-electron chi connectivity index (χ3n) is 3.65. The topological polar surface area (TPSA) is 12.5 Å². The zero-order chi connectivity index (χ0) is 14.8. The quantitative estimate of drug-likeness (QED) is 0.789. The Labute approximate surface area is 115 Å². The summed E-state index contributed by atoms with van der Waals surface area (Å²) in [6, 6.07) is 4.43. The lowest BCUT2D eigenvalue weighted by Crippen LogP contribution is -2.41. The summed E-state index contributed by atoms with van der Waals surface area (Å²) in [6.07, 6.45) is -3.56. The average Bonchev–Trinajstić information content (AvgIpc) is 2.40. The van der Waals surface area contributed by atoms with Crippen LogP contribution in [0.1, 0.15) is 18.4 Å². The van der Waals surface area contributed by atoms with E-state index in [-0.39, 0.29) is 19.5 Å². The summed E-state index contributed by atoms with van der Waals surface area (Å²) in [5, 5.41) is 0. The standard InChI is InChI=1S/C14H17F4NO/c1-20-13-6-2-5-12(15)11(13)9-19-7-3-4-10(8-19)14(16,17)18/h2,5-6,10H,3-4,7-9H2,1H3/t10-/m0/s1. The van der Waals surface area contributed by atoms with Gasteiger partial charge in [-0.15, -0.1) is 0 Å². The Morgan fingerprint density at radius 3 is 2.75 bits per heavy atom. The second-order valence-electron chi connectivity index (χ2n) is 5.04. The number of benzene rings is 1. The number of piperidine rings is 1. The Morgan fingerprint density at radius 1 is 1.35 bits per heavy atom. The fourth-order valence-electron chi connectivity index (χ4n) is 2.57. The molecule has 2 nitrogen and oxygen atoms in total. The van der Waals surface area contributed by atoms with E-state index in [4.69, 9.17) is 4.74 Å². The molecular formula is C14H17F4NO. The minimum Gasteiger partial charge on any atom is -0.496 e.